The Labute approximate surface area is 179 Å². The Morgan fingerprint density at radius 1 is 1.06 bits per heavy atom. The molecule has 2 saturated heterocycles. The topological polar surface area (TPSA) is 102 Å². The number of hydrogen-bond donors (Lipinski definition) is 2. The number of aryl methyl sites for hydroxylation is 1. The number of amides is 1. The summed E-state index contributed by atoms with van der Waals surface area (Å²) in [5.74, 6) is 0.188. The molecule has 0 aliphatic carbocycles. The molecule has 2 fully saturated rings. The van der Waals surface area contributed by atoms with Crippen molar-refractivity contribution in [1.29, 1.82) is 0 Å². The molecule has 1 amide bonds. The minimum absolute atomic E-state index is 0.174. The van der Waals surface area contributed by atoms with E-state index >= 15 is 0 Å². The predicted octanol–water partition coefficient (Wildman–Crippen LogP) is 2.86. The lowest BCUT2D eigenvalue weighted by atomic mass is 9.95. The van der Waals surface area contributed by atoms with Gasteiger partial charge in [-0.2, -0.15) is 0 Å². The van der Waals surface area contributed by atoms with E-state index in [2.05, 4.69) is 24.8 Å². The van der Waals surface area contributed by atoms with E-state index in [1.165, 1.54) is 0 Å². The fourth-order valence-corrected chi connectivity index (χ4v) is 5.05. The molecular weight excluding hydrogens is 394 g/mol. The molecule has 2 aromatic heterocycles. The van der Waals surface area contributed by atoms with Gasteiger partial charge >= 0.3 is 5.97 Å². The third-order valence-corrected chi connectivity index (χ3v) is 6.56. The number of anilines is 1. The molecule has 0 saturated carbocycles. The summed E-state index contributed by atoms with van der Waals surface area (Å²) < 4.78 is 0. The summed E-state index contributed by atoms with van der Waals surface area (Å²) in [6.45, 7) is 1.68. The molecule has 160 valence electrons. The van der Waals surface area contributed by atoms with Crippen LogP contribution in [0.1, 0.15) is 41.6 Å². The zero-order valence-electron chi connectivity index (χ0n) is 17.2. The molecule has 2 aliphatic rings. The molecule has 4 heterocycles. The van der Waals surface area contributed by atoms with Gasteiger partial charge in [-0.25, -0.2) is 14.8 Å². The summed E-state index contributed by atoms with van der Waals surface area (Å²) in [4.78, 5) is 40.5. The molecular formula is C23H25N5O3. The second kappa shape index (κ2) is 8.02. The number of aromatic nitrogens is 3. The normalized spacial score (nSPS) is 20.8. The summed E-state index contributed by atoms with van der Waals surface area (Å²) >= 11 is 0. The highest BCUT2D eigenvalue weighted by Crippen LogP contribution is 2.36. The summed E-state index contributed by atoms with van der Waals surface area (Å²) in [5, 5.41) is 10.1. The molecule has 3 aromatic rings. The van der Waals surface area contributed by atoms with Gasteiger partial charge in [0.05, 0.1) is 23.0 Å². The van der Waals surface area contributed by atoms with Gasteiger partial charge < -0.3 is 19.9 Å². The van der Waals surface area contributed by atoms with E-state index in [-0.39, 0.29) is 23.6 Å². The summed E-state index contributed by atoms with van der Waals surface area (Å²) in [7, 11) is 0. The molecule has 1 aromatic carbocycles. The Morgan fingerprint density at radius 2 is 1.90 bits per heavy atom. The number of carbonyl (C=O) groups is 2. The van der Waals surface area contributed by atoms with Crippen molar-refractivity contribution in [1.82, 2.24) is 19.9 Å². The van der Waals surface area contributed by atoms with Crippen LogP contribution in [0.25, 0.3) is 11.0 Å². The smallest absolute Gasteiger partial charge is 0.335 e. The van der Waals surface area contributed by atoms with Gasteiger partial charge in [0.25, 0.3) is 0 Å². The van der Waals surface area contributed by atoms with Crippen molar-refractivity contribution in [3.8, 4) is 0 Å². The number of carboxylic acids is 1. The van der Waals surface area contributed by atoms with Crippen LogP contribution < -0.4 is 4.90 Å². The second-order valence-corrected chi connectivity index (χ2v) is 8.29. The number of hydrogen-bond acceptors (Lipinski definition) is 5. The van der Waals surface area contributed by atoms with Gasteiger partial charge in [-0.3, -0.25) is 4.79 Å². The van der Waals surface area contributed by atoms with Crippen LogP contribution in [0.2, 0.25) is 0 Å². The highest BCUT2D eigenvalue weighted by atomic mass is 16.4. The van der Waals surface area contributed by atoms with Crippen molar-refractivity contribution in [2.24, 2.45) is 0 Å². The van der Waals surface area contributed by atoms with E-state index in [9.17, 15) is 9.59 Å². The SMILES string of the molecule is O=C(O)c1ccc(CCC(=O)N2CCC[C@@H]3C2CCN3c2ncnc3[nH]ccc23)cc1. The Balaban J connectivity index is 1.27. The highest BCUT2D eigenvalue weighted by Gasteiger charge is 2.42. The Morgan fingerprint density at radius 3 is 2.71 bits per heavy atom. The average molecular weight is 419 g/mol. The summed E-state index contributed by atoms with van der Waals surface area (Å²) in [6.07, 6.45) is 7.52. The maximum Gasteiger partial charge on any atom is 0.335 e. The van der Waals surface area contributed by atoms with Gasteiger partial charge in [0.15, 0.2) is 0 Å². The maximum atomic E-state index is 13.1. The van der Waals surface area contributed by atoms with Crippen LogP contribution in [0.5, 0.6) is 0 Å². The van der Waals surface area contributed by atoms with E-state index in [1.54, 1.807) is 30.6 Å². The fraction of sp³-hybridized carbons (Fsp3) is 0.391. The van der Waals surface area contributed by atoms with Crippen LogP contribution in [0.4, 0.5) is 5.82 Å². The number of aromatic amines is 1. The molecule has 0 bridgehead atoms. The van der Waals surface area contributed by atoms with Crippen LogP contribution in [-0.2, 0) is 11.2 Å². The number of aromatic carboxylic acids is 1. The first-order valence-electron chi connectivity index (χ1n) is 10.8. The molecule has 2 N–H and O–H groups in total. The molecule has 8 heteroatoms. The summed E-state index contributed by atoms with van der Waals surface area (Å²) in [6, 6.07) is 9.28. The Kier molecular flexibility index (Phi) is 5.05. The van der Waals surface area contributed by atoms with E-state index in [4.69, 9.17) is 5.11 Å². The fourth-order valence-electron chi connectivity index (χ4n) is 5.05. The lowest BCUT2D eigenvalue weighted by molar-refractivity contribution is -0.134. The number of benzene rings is 1. The van der Waals surface area contributed by atoms with Crippen LogP contribution in [0.3, 0.4) is 0 Å². The van der Waals surface area contributed by atoms with Crippen molar-refractivity contribution >= 4 is 28.7 Å². The molecule has 1 unspecified atom stereocenters. The monoisotopic (exact) mass is 419 g/mol. The van der Waals surface area contributed by atoms with Crippen LogP contribution >= 0.6 is 0 Å². The van der Waals surface area contributed by atoms with Gasteiger partial charge in [0.2, 0.25) is 5.91 Å². The molecule has 31 heavy (non-hydrogen) atoms. The van der Waals surface area contributed by atoms with Gasteiger partial charge in [0, 0.05) is 25.7 Å². The van der Waals surface area contributed by atoms with Crippen LogP contribution in [0, 0.1) is 0 Å². The number of carboxylic acid groups (broad SMARTS) is 1. The molecule has 2 aliphatic heterocycles. The predicted molar refractivity (Wildman–Crippen MR) is 116 cm³/mol. The van der Waals surface area contributed by atoms with Gasteiger partial charge in [-0.1, -0.05) is 12.1 Å². The third-order valence-electron chi connectivity index (χ3n) is 6.56. The number of nitrogens with zero attached hydrogens (tertiary/aromatic N) is 4. The van der Waals surface area contributed by atoms with Gasteiger partial charge in [0.1, 0.15) is 17.8 Å². The van der Waals surface area contributed by atoms with Crippen LogP contribution in [0.15, 0.2) is 42.9 Å². The average Bonchev–Trinajstić information content (AvgIpc) is 3.44. The van der Waals surface area contributed by atoms with Crippen molar-refractivity contribution in [3.63, 3.8) is 0 Å². The standard InChI is InChI=1S/C23H25N5O3/c29-20(8-5-15-3-6-16(7-4-15)23(30)31)27-12-1-2-18-19(27)10-13-28(18)22-17-9-11-24-21(17)25-14-26-22/h3-4,6-7,9,11,14,18-19H,1-2,5,8,10,12-13H2,(H,30,31)(H,24,25,26)/t18-,19?/m1/s1. The van der Waals surface area contributed by atoms with Crippen LogP contribution in [-0.4, -0.2) is 62.0 Å². The molecule has 2 atom stereocenters. The van der Waals surface area contributed by atoms with E-state index < -0.39 is 5.97 Å². The summed E-state index contributed by atoms with van der Waals surface area (Å²) in [5.41, 5.74) is 2.09. The number of fused-ring (bicyclic) bond motifs is 2. The Hall–Kier alpha value is -3.42. The lowest BCUT2D eigenvalue weighted by Gasteiger charge is -2.40. The molecule has 5 rings (SSSR count). The number of piperidine rings is 1. The first-order valence-corrected chi connectivity index (χ1v) is 10.8. The molecule has 0 spiro atoms. The first-order chi connectivity index (χ1) is 15.1. The number of likely N-dealkylation sites (tertiary alicyclic amines) is 1. The second-order valence-electron chi connectivity index (χ2n) is 8.29. The quantitative estimate of drug-likeness (QED) is 0.659. The van der Waals surface area contributed by atoms with Crippen molar-refractivity contribution in [2.45, 2.75) is 44.2 Å². The number of nitrogens with one attached hydrogen (secondary N) is 1. The molecule has 8 nitrogen and oxygen atoms in total. The number of rotatable bonds is 5. The third kappa shape index (κ3) is 3.62. The van der Waals surface area contributed by atoms with Crippen molar-refractivity contribution in [3.05, 3.63) is 54.0 Å². The number of carbonyl (C=O) groups excluding carboxylic acids is 1. The van der Waals surface area contributed by atoms with Gasteiger partial charge in [-0.15, -0.1) is 0 Å². The van der Waals surface area contributed by atoms with E-state index in [1.807, 2.05) is 12.3 Å². The lowest BCUT2D eigenvalue weighted by Crippen LogP contribution is -2.52. The largest absolute Gasteiger partial charge is 0.478 e. The molecule has 0 radical (unpaired) electrons. The zero-order chi connectivity index (χ0) is 21.4. The minimum Gasteiger partial charge on any atom is -0.478 e. The van der Waals surface area contributed by atoms with Gasteiger partial charge in [-0.05, 0) is 49.4 Å². The first kappa shape index (κ1) is 19.5. The van der Waals surface area contributed by atoms with E-state index in [0.29, 0.717) is 12.8 Å². The van der Waals surface area contributed by atoms with Crippen molar-refractivity contribution in [2.75, 3.05) is 18.0 Å². The Bertz CT molecular complexity index is 1110. The maximum absolute atomic E-state index is 13.1. The minimum atomic E-state index is -0.937. The number of H-pyrrole nitrogens is 1. The zero-order valence-corrected chi connectivity index (χ0v) is 17.2. The van der Waals surface area contributed by atoms with Crippen molar-refractivity contribution < 1.29 is 14.7 Å². The highest BCUT2D eigenvalue weighted by molar-refractivity contribution is 5.88. The van der Waals surface area contributed by atoms with E-state index in [0.717, 1.165) is 54.8 Å².